The molecular weight excluding hydrogens is 132 g/mol. The fraction of sp³-hybridized carbons (Fsp3) is 1.00. The van der Waals surface area contributed by atoms with Crippen molar-refractivity contribution in [1.29, 1.82) is 0 Å². The molecular formula is C11H18. The van der Waals surface area contributed by atoms with Crippen LogP contribution >= 0.6 is 0 Å². The second-order valence-corrected chi connectivity index (χ2v) is 4.98. The summed E-state index contributed by atoms with van der Waals surface area (Å²) >= 11 is 0. The SMILES string of the molecule is CCC1C2CCC3CC1C2C3. The first kappa shape index (κ1) is 6.51. The highest BCUT2D eigenvalue weighted by atomic mass is 14.6. The third-order valence-electron chi connectivity index (χ3n) is 4.79. The van der Waals surface area contributed by atoms with E-state index in [2.05, 4.69) is 6.92 Å². The second kappa shape index (κ2) is 2.02. The molecule has 11 heavy (non-hydrogen) atoms. The summed E-state index contributed by atoms with van der Waals surface area (Å²) in [5.41, 5.74) is 0. The fourth-order valence-corrected chi connectivity index (χ4v) is 4.39. The van der Waals surface area contributed by atoms with E-state index in [0.717, 1.165) is 11.8 Å². The average Bonchev–Trinajstić information content (AvgIpc) is 2.20. The van der Waals surface area contributed by atoms with Crippen LogP contribution in [-0.4, -0.2) is 0 Å². The van der Waals surface area contributed by atoms with E-state index < -0.39 is 0 Å². The van der Waals surface area contributed by atoms with Gasteiger partial charge >= 0.3 is 0 Å². The molecule has 3 fully saturated rings. The molecule has 0 aliphatic heterocycles. The predicted octanol–water partition coefficient (Wildman–Crippen LogP) is 3.08. The highest BCUT2D eigenvalue weighted by molar-refractivity contribution is 5.05. The van der Waals surface area contributed by atoms with Gasteiger partial charge in [-0.05, 0) is 48.9 Å². The fourth-order valence-electron chi connectivity index (χ4n) is 4.39. The summed E-state index contributed by atoms with van der Waals surface area (Å²) in [5, 5.41) is 0. The van der Waals surface area contributed by atoms with Crippen molar-refractivity contribution in [3.05, 3.63) is 0 Å². The van der Waals surface area contributed by atoms with Crippen LogP contribution in [-0.2, 0) is 0 Å². The van der Waals surface area contributed by atoms with E-state index in [0.29, 0.717) is 0 Å². The van der Waals surface area contributed by atoms with Crippen LogP contribution in [0.4, 0.5) is 0 Å². The molecule has 0 spiro atoms. The summed E-state index contributed by atoms with van der Waals surface area (Å²) in [6.45, 7) is 2.40. The number of rotatable bonds is 1. The highest BCUT2D eigenvalue weighted by Gasteiger charge is 2.56. The van der Waals surface area contributed by atoms with Gasteiger partial charge in [0.05, 0.1) is 0 Å². The first-order valence-electron chi connectivity index (χ1n) is 5.40. The summed E-state index contributed by atoms with van der Waals surface area (Å²) in [7, 11) is 0. The van der Waals surface area contributed by atoms with E-state index in [4.69, 9.17) is 0 Å². The van der Waals surface area contributed by atoms with E-state index in [1.807, 2.05) is 0 Å². The van der Waals surface area contributed by atoms with Crippen LogP contribution in [0.5, 0.6) is 0 Å². The molecule has 0 radical (unpaired) electrons. The van der Waals surface area contributed by atoms with Crippen molar-refractivity contribution in [1.82, 2.24) is 0 Å². The smallest absolute Gasteiger partial charge is 0.0349 e. The number of hydrogen-bond donors (Lipinski definition) is 0. The van der Waals surface area contributed by atoms with Gasteiger partial charge in [-0.3, -0.25) is 0 Å². The van der Waals surface area contributed by atoms with Gasteiger partial charge in [0.2, 0.25) is 0 Å². The van der Waals surface area contributed by atoms with E-state index in [1.165, 1.54) is 24.2 Å². The molecule has 0 aromatic carbocycles. The van der Waals surface area contributed by atoms with Gasteiger partial charge in [-0.15, -0.1) is 0 Å². The van der Waals surface area contributed by atoms with Crippen molar-refractivity contribution in [2.24, 2.45) is 29.6 Å². The maximum absolute atomic E-state index is 2.40. The molecule has 0 aromatic rings. The van der Waals surface area contributed by atoms with Crippen LogP contribution in [0.2, 0.25) is 0 Å². The van der Waals surface area contributed by atoms with E-state index in [-0.39, 0.29) is 0 Å². The molecule has 62 valence electrons. The van der Waals surface area contributed by atoms with Gasteiger partial charge in [0.15, 0.2) is 0 Å². The third kappa shape index (κ3) is 0.666. The topological polar surface area (TPSA) is 0 Å². The normalized spacial score (nSPS) is 59.2. The van der Waals surface area contributed by atoms with Gasteiger partial charge < -0.3 is 0 Å². The lowest BCUT2D eigenvalue weighted by Crippen LogP contribution is -2.43. The zero-order chi connectivity index (χ0) is 7.42. The molecule has 3 aliphatic rings. The first-order valence-corrected chi connectivity index (χ1v) is 5.40. The lowest BCUT2D eigenvalue weighted by atomic mass is 9.55. The van der Waals surface area contributed by atoms with Crippen molar-refractivity contribution in [2.75, 3.05) is 0 Å². The van der Waals surface area contributed by atoms with Gasteiger partial charge in [0, 0.05) is 0 Å². The van der Waals surface area contributed by atoms with Crippen LogP contribution in [0.15, 0.2) is 0 Å². The molecule has 2 bridgehead atoms. The Morgan fingerprint density at radius 1 is 1.00 bits per heavy atom. The van der Waals surface area contributed by atoms with Gasteiger partial charge in [0.25, 0.3) is 0 Å². The lowest BCUT2D eigenvalue weighted by molar-refractivity contribution is -0.0101. The molecule has 3 rings (SSSR count). The summed E-state index contributed by atoms with van der Waals surface area (Å²) in [6.07, 6.45) is 7.86. The largest absolute Gasteiger partial charge is 0.0651 e. The summed E-state index contributed by atoms with van der Waals surface area (Å²) in [4.78, 5) is 0. The highest BCUT2D eigenvalue weighted by Crippen LogP contribution is 2.64. The van der Waals surface area contributed by atoms with E-state index >= 15 is 0 Å². The number of fused-ring (bicyclic) bond motifs is 1. The Kier molecular flexibility index (Phi) is 1.20. The Morgan fingerprint density at radius 2 is 1.82 bits per heavy atom. The van der Waals surface area contributed by atoms with Crippen LogP contribution < -0.4 is 0 Å². The van der Waals surface area contributed by atoms with Crippen molar-refractivity contribution in [3.8, 4) is 0 Å². The Balaban J connectivity index is 1.86. The van der Waals surface area contributed by atoms with Crippen LogP contribution in [0.3, 0.4) is 0 Å². The van der Waals surface area contributed by atoms with Gasteiger partial charge in [-0.25, -0.2) is 0 Å². The van der Waals surface area contributed by atoms with Gasteiger partial charge in [0.1, 0.15) is 0 Å². The van der Waals surface area contributed by atoms with Crippen LogP contribution in [0.25, 0.3) is 0 Å². The first-order chi connectivity index (χ1) is 5.40. The minimum absolute atomic E-state index is 1.16. The molecule has 0 heteroatoms. The molecule has 0 N–H and O–H groups in total. The summed E-state index contributed by atoms with van der Waals surface area (Å²) in [5.74, 6) is 5.91. The molecule has 0 saturated heterocycles. The van der Waals surface area contributed by atoms with Gasteiger partial charge in [-0.1, -0.05) is 19.8 Å². The van der Waals surface area contributed by atoms with Crippen LogP contribution in [0.1, 0.15) is 39.0 Å². The molecule has 5 unspecified atom stereocenters. The van der Waals surface area contributed by atoms with E-state index in [9.17, 15) is 0 Å². The molecule has 0 nitrogen and oxygen atoms in total. The molecule has 3 aliphatic carbocycles. The maximum Gasteiger partial charge on any atom is -0.0349 e. The minimum atomic E-state index is 1.16. The summed E-state index contributed by atoms with van der Waals surface area (Å²) in [6, 6.07) is 0. The Labute approximate surface area is 69.4 Å². The lowest BCUT2D eigenvalue weighted by Gasteiger charge is -2.49. The van der Waals surface area contributed by atoms with Crippen molar-refractivity contribution < 1.29 is 0 Å². The van der Waals surface area contributed by atoms with E-state index in [1.54, 1.807) is 25.7 Å². The molecule has 0 aromatic heterocycles. The Bertz CT molecular complexity index is 167. The van der Waals surface area contributed by atoms with Crippen molar-refractivity contribution >= 4 is 0 Å². The minimum Gasteiger partial charge on any atom is -0.0651 e. The van der Waals surface area contributed by atoms with Crippen molar-refractivity contribution in [3.63, 3.8) is 0 Å². The van der Waals surface area contributed by atoms with Gasteiger partial charge in [-0.2, -0.15) is 0 Å². The maximum atomic E-state index is 2.40. The summed E-state index contributed by atoms with van der Waals surface area (Å²) < 4.78 is 0. The third-order valence-corrected chi connectivity index (χ3v) is 4.79. The zero-order valence-electron chi connectivity index (χ0n) is 7.42. The standard InChI is InChI=1S/C11H18/c1-2-8-9-4-3-7-5-10(8)11(9)6-7/h7-11H,2-6H2,1H3. The zero-order valence-corrected chi connectivity index (χ0v) is 7.42. The monoisotopic (exact) mass is 150 g/mol. The molecule has 3 saturated carbocycles. The molecule has 0 heterocycles. The second-order valence-electron chi connectivity index (χ2n) is 4.98. The average molecular weight is 150 g/mol. The Hall–Kier alpha value is 0. The molecule has 0 amide bonds. The molecule has 5 atom stereocenters. The van der Waals surface area contributed by atoms with Crippen molar-refractivity contribution in [2.45, 2.75) is 39.0 Å². The Morgan fingerprint density at radius 3 is 2.64 bits per heavy atom. The van der Waals surface area contributed by atoms with Crippen LogP contribution in [0, 0.1) is 29.6 Å². The predicted molar refractivity (Wildman–Crippen MR) is 46.2 cm³/mol. The number of hydrogen-bond acceptors (Lipinski definition) is 0. The quantitative estimate of drug-likeness (QED) is 0.539.